The first-order chi connectivity index (χ1) is 8.87. The van der Waals surface area contributed by atoms with E-state index in [-0.39, 0.29) is 5.54 Å². The van der Waals surface area contributed by atoms with Crippen LogP contribution < -0.4 is 5.32 Å². The van der Waals surface area contributed by atoms with Crippen molar-refractivity contribution in [1.82, 2.24) is 14.9 Å². The van der Waals surface area contributed by atoms with E-state index in [0.29, 0.717) is 12.2 Å². The lowest BCUT2D eigenvalue weighted by atomic mass is 10.1. The molecule has 0 radical (unpaired) electrons. The predicted octanol–water partition coefficient (Wildman–Crippen LogP) is 3.04. The third-order valence-electron chi connectivity index (χ3n) is 2.68. The van der Waals surface area contributed by atoms with E-state index in [4.69, 9.17) is 0 Å². The second-order valence-corrected chi connectivity index (χ2v) is 5.45. The Morgan fingerprint density at radius 3 is 2.63 bits per heavy atom. The molecule has 2 rings (SSSR count). The van der Waals surface area contributed by atoms with Crippen molar-refractivity contribution in [3.8, 4) is 5.69 Å². The summed E-state index contributed by atoms with van der Waals surface area (Å²) in [6.45, 7) is 6.70. The molecule has 0 spiro atoms. The highest BCUT2D eigenvalue weighted by atomic mass is 19.1. The van der Waals surface area contributed by atoms with Gasteiger partial charge in [0.1, 0.15) is 11.6 Å². The number of aromatic nitrogens is 2. The normalized spacial score (nSPS) is 11.8. The lowest BCUT2D eigenvalue weighted by molar-refractivity contribution is 0.419. The van der Waals surface area contributed by atoms with E-state index >= 15 is 0 Å². The van der Waals surface area contributed by atoms with E-state index in [1.54, 1.807) is 10.8 Å². The maximum absolute atomic E-state index is 13.8. The Labute approximate surface area is 111 Å². The van der Waals surface area contributed by atoms with Crippen LogP contribution >= 0.6 is 0 Å². The van der Waals surface area contributed by atoms with Gasteiger partial charge in [-0.05, 0) is 32.9 Å². The molecule has 1 N–H and O–H groups in total. The summed E-state index contributed by atoms with van der Waals surface area (Å²) >= 11 is 0. The monoisotopic (exact) mass is 265 g/mol. The second-order valence-electron chi connectivity index (χ2n) is 5.45. The molecule has 0 aliphatic rings. The Morgan fingerprint density at radius 2 is 2.00 bits per heavy atom. The number of imidazole rings is 1. The van der Waals surface area contributed by atoms with Crippen molar-refractivity contribution in [2.24, 2.45) is 0 Å². The van der Waals surface area contributed by atoms with Crippen LogP contribution in [0, 0.1) is 11.6 Å². The van der Waals surface area contributed by atoms with Crippen molar-refractivity contribution < 1.29 is 8.78 Å². The number of rotatable bonds is 3. The zero-order valence-corrected chi connectivity index (χ0v) is 11.2. The minimum absolute atomic E-state index is 0.0452. The fourth-order valence-corrected chi connectivity index (χ4v) is 1.70. The zero-order valence-electron chi connectivity index (χ0n) is 11.2. The molecule has 0 bridgehead atoms. The Hall–Kier alpha value is -1.75. The highest BCUT2D eigenvalue weighted by Crippen LogP contribution is 2.17. The summed E-state index contributed by atoms with van der Waals surface area (Å²) in [4.78, 5) is 4.03. The Kier molecular flexibility index (Phi) is 3.66. The molecule has 19 heavy (non-hydrogen) atoms. The Balaban J connectivity index is 2.28. The first-order valence-electron chi connectivity index (χ1n) is 6.08. The average Bonchev–Trinajstić information content (AvgIpc) is 2.73. The van der Waals surface area contributed by atoms with Crippen LogP contribution in [-0.4, -0.2) is 15.1 Å². The van der Waals surface area contributed by atoms with Crippen LogP contribution in [0.1, 0.15) is 26.5 Å². The van der Waals surface area contributed by atoms with Crippen molar-refractivity contribution in [2.75, 3.05) is 0 Å². The number of benzene rings is 1. The number of hydrogen-bond acceptors (Lipinski definition) is 2. The quantitative estimate of drug-likeness (QED) is 0.924. The van der Waals surface area contributed by atoms with Crippen molar-refractivity contribution in [2.45, 2.75) is 32.9 Å². The fourth-order valence-electron chi connectivity index (χ4n) is 1.70. The molecule has 1 heterocycles. The molecule has 0 fully saturated rings. The van der Waals surface area contributed by atoms with Gasteiger partial charge in [-0.1, -0.05) is 0 Å². The van der Waals surface area contributed by atoms with E-state index in [9.17, 15) is 8.78 Å². The maximum Gasteiger partial charge on any atom is 0.150 e. The summed E-state index contributed by atoms with van der Waals surface area (Å²) in [5.41, 5.74) is 1.07. The second kappa shape index (κ2) is 5.09. The van der Waals surface area contributed by atoms with Crippen LogP contribution in [0.15, 0.2) is 30.7 Å². The predicted molar refractivity (Wildman–Crippen MR) is 70.1 cm³/mol. The molecule has 0 amide bonds. The number of hydrogen-bond donors (Lipinski definition) is 1. The fraction of sp³-hybridized carbons (Fsp3) is 0.357. The minimum Gasteiger partial charge on any atom is -0.306 e. The third kappa shape index (κ3) is 3.38. The summed E-state index contributed by atoms with van der Waals surface area (Å²) in [5, 5.41) is 3.31. The zero-order chi connectivity index (χ0) is 14.0. The van der Waals surface area contributed by atoms with Crippen molar-refractivity contribution in [3.05, 3.63) is 48.1 Å². The van der Waals surface area contributed by atoms with Gasteiger partial charge in [-0.2, -0.15) is 0 Å². The van der Waals surface area contributed by atoms with Crippen molar-refractivity contribution in [3.63, 3.8) is 0 Å². The van der Waals surface area contributed by atoms with E-state index in [2.05, 4.69) is 10.3 Å². The van der Waals surface area contributed by atoms with Gasteiger partial charge in [-0.25, -0.2) is 13.8 Å². The van der Waals surface area contributed by atoms with Gasteiger partial charge in [-0.3, -0.25) is 4.57 Å². The lowest BCUT2D eigenvalue weighted by Crippen LogP contribution is -2.35. The van der Waals surface area contributed by atoms with E-state index in [0.717, 1.165) is 11.8 Å². The molecular weight excluding hydrogens is 248 g/mol. The first kappa shape index (κ1) is 13.7. The van der Waals surface area contributed by atoms with Crippen LogP contribution in [0.2, 0.25) is 0 Å². The van der Waals surface area contributed by atoms with Gasteiger partial charge in [0.25, 0.3) is 0 Å². The summed E-state index contributed by atoms with van der Waals surface area (Å²) in [6, 6.07) is 3.52. The molecule has 0 aliphatic heterocycles. The summed E-state index contributed by atoms with van der Waals surface area (Å²) in [7, 11) is 0. The summed E-state index contributed by atoms with van der Waals surface area (Å²) in [6.07, 6.45) is 3.19. The topological polar surface area (TPSA) is 29.9 Å². The molecule has 0 unspecified atom stereocenters. The molecule has 1 aromatic heterocycles. The number of nitrogens with one attached hydrogen (secondary N) is 1. The van der Waals surface area contributed by atoms with Gasteiger partial charge in [-0.15, -0.1) is 0 Å². The summed E-state index contributed by atoms with van der Waals surface area (Å²) < 4.78 is 28.3. The SMILES string of the molecule is CC(C)(C)NCc1cncn1-c1ccc(F)cc1F. The third-order valence-corrected chi connectivity index (χ3v) is 2.68. The van der Waals surface area contributed by atoms with Crippen LogP contribution in [0.4, 0.5) is 8.78 Å². The molecule has 1 aromatic carbocycles. The molecule has 0 atom stereocenters. The first-order valence-corrected chi connectivity index (χ1v) is 6.08. The van der Waals surface area contributed by atoms with E-state index in [1.807, 2.05) is 20.8 Å². The molecule has 0 saturated heterocycles. The van der Waals surface area contributed by atoms with Gasteiger partial charge in [0.05, 0.1) is 17.7 Å². The largest absolute Gasteiger partial charge is 0.306 e. The van der Waals surface area contributed by atoms with Gasteiger partial charge in [0.2, 0.25) is 0 Å². The molecule has 0 saturated carbocycles. The highest BCUT2D eigenvalue weighted by Gasteiger charge is 2.13. The lowest BCUT2D eigenvalue weighted by Gasteiger charge is -2.21. The van der Waals surface area contributed by atoms with Crippen molar-refractivity contribution in [1.29, 1.82) is 0 Å². The molecule has 3 nitrogen and oxygen atoms in total. The van der Waals surface area contributed by atoms with Gasteiger partial charge in [0.15, 0.2) is 0 Å². The Bertz CT molecular complexity index is 570. The maximum atomic E-state index is 13.8. The molecule has 102 valence electrons. The van der Waals surface area contributed by atoms with Crippen LogP contribution in [0.5, 0.6) is 0 Å². The smallest absolute Gasteiger partial charge is 0.150 e. The summed E-state index contributed by atoms with van der Waals surface area (Å²) in [5.74, 6) is -1.19. The van der Waals surface area contributed by atoms with Crippen LogP contribution in [0.25, 0.3) is 5.69 Å². The van der Waals surface area contributed by atoms with Crippen LogP contribution in [-0.2, 0) is 6.54 Å². The van der Waals surface area contributed by atoms with Gasteiger partial charge < -0.3 is 5.32 Å². The van der Waals surface area contributed by atoms with Gasteiger partial charge in [0, 0.05) is 24.3 Å². The highest BCUT2D eigenvalue weighted by molar-refractivity contribution is 5.35. The Morgan fingerprint density at radius 1 is 1.26 bits per heavy atom. The molecular formula is C14H17F2N3. The standard InChI is InChI=1S/C14H17F2N3/c1-14(2,3)18-8-11-7-17-9-19(11)13-5-4-10(15)6-12(13)16/h4-7,9,18H,8H2,1-3H3. The van der Waals surface area contributed by atoms with Crippen LogP contribution in [0.3, 0.4) is 0 Å². The minimum atomic E-state index is -0.602. The number of nitrogens with zero attached hydrogens (tertiary/aromatic N) is 2. The number of halogens is 2. The van der Waals surface area contributed by atoms with E-state index < -0.39 is 11.6 Å². The molecule has 2 aromatic rings. The van der Waals surface area contributed by atoms with Gasteiger partial charge >= 0.3 is 0 Å². The average molecular weight is 265 g/mol. The van der Waals surface area contributed by atoms with E-state index in [1.165, 1.54) is 18.5 Å². The van der Waals surface area contributed by atoms with Crippen molar-refractivity contribution >= 4 is 0 Å². The molecule has 5 heteroatoms. The molecule has 0 aliphatic carbocycles.